The van der Waals surface area contributed by atoms with Crippen LogP contribution in [-0.2, 0) is 4.79 Å². The fraction of sp³-hybridized carbons (Fsp3) is 0.348. The molecular weight excluding hydrogens is 402 g/mol. The van der Waals surface area contributed by atoms with Crippen LogP contribution in [0.4, 0.5) is 5.69 Å². The molecule has 1 aliphatic heterocycles. The van der Waals surface area contributed by atoms with Gasteiger partial charge in [0, 0.05) is 18.5 Å². The Hall–Kier alpha value is -2.86. The predicted molar refractivity (Wildman–Crippen MR) is 116 cm³/mol. The van der Waals surface area contributed by atoms with Gasteiger partial charge in [-0.15, -0.1) is 0 Å². The Morgan fingerprint density at radius 3 is 2.77 bits per heavy atom. The molecule has 0 saturated carbocycles. The molecule has 7 heteroatoms. The second kappa shape index (κ2) is 8.88. The summed E-state index contributed by atoms with van der Waals surface area (Å²) in [6.07, 6.45) is 2.44. The number of unbranched alkanes of at least 4 members (excludes halogenated alkanes) is 1. The third kappa shape index (κ3) is 4.19. The first-order valence-electron chi connectivity index (χ1n) is 10.2. The number of anilines is 1. The smallest absolute Gasteiger partial charge is 0.232 e. The lowest BCUT2D eigenvalue weighted by Crippen LogP contribution is -2.25. The number of hydrogen-bond donors (Lipinski definition) is 0. The van der Waals surface area contributed by atoms with Crippen LogP contribution in [0.2, 0.25) is 5.02 Å². The Morgan fingerprint density at radius 2 is 2.03 bits per heavy atom. The quantitative estimate of drug-likeness (QED) is 0.474. The second-order valence-electron chi connectivity index (χ2n) is 7.49. The van der Waals surface area contributed by atoms with Crippen LogP contribution in [0, 0.1) is 6.92 Å². The van der Waals surface area contributed by atoms with E-state index >= 15 is 0 Å². The number of nitrogens with zero attached hydrogens (tertiary/aromatic N) is 3. The van der Waals surface area contributed by atoms with Gasteiger partial charge in [0.2, 0.25) is 17.6 Å². The summed E-state index contributed by atoms with van der Waals surface area (Å²) < 4.78 is 11.2. The van der Waals surface area contributed by atoms with Crippen molar-refractivity contribution >= 4 is 23.2 Å². The van der Waals surface area contributed by atoms with Crippen LogP contribution in [0.3, 0.4) is 0 Å². The highest BCUT2D eigenvalue weighted by Gasteiger charge is 2.36. The van der Waals surface area contributed by atoms with Crippen LogP contribution in [0.5, 0.6) is 5.75 Å². The van der Waals surface area contributed by atoms with Crippen LogP contribution >= 0.6 is 11.6 Å². The highest BCUT2D eigenvalue weighted by atomic mass is 35.5. The summed E-state index contributed by atoms with van der Waals surface area (Å²) in [6, 6.07) is 13.3. The van der Waals surface area contributed by atoms with Gasteiger partial charge < -0.3 is 14.2 Å². The summed E-state index contributed by atoms with van der Waals surface area (Å²) in [6.45, 7) is 5.25. The number of ether oxygens (including phenoxy) is 1. The minimum atomic E-state index is -0.161. The number of hydrogen-bond acceptors (Lipinski definition) is 5. The SMILES string of the molecule is CCCCOc1ccc(-c2noc(C3CC(=O)N(c4c(C)cccc4Cl)C3)n2)cc1. The van der Waals surface area contributed by atoms with E-state index in [1.807, 2.05) is 43.3 Å². The van der Waals surface area contributed by atoms with Gasteiger partial charge in [0.1, 0.15) is 5.75 Å². The maximum absolute atomic E-state index is 12.6. The second-order valence-corrected chi connectivity index (χ2v) is 7.90. The van der Waals surface area contributed by atoms with Crippen molar-refractivity contribution < 1.29 is 14.1 Å². The molecule has 1 aromatic heterocycles. The Labute approximate surface area is 180 Å². The molecule has 0 spiro atoms. The highest BCUT2D eigenvalue weighted by molar-refractivity contribution is 6.34. The molecule has 1 saturated heterocycles. The minimum Gasteiger partial charge on any atom is -0.494 e. The summed E-state index contributed by atoms with van der Waals surface area (Å²) in [5, 5.41) is 4.68. The first-order valence-corrected chi connectivity index (χ1v) is 10.6. The van der Waals surface area contributed by atoms with Gasteiger partial charge in [-0.1, -0.05) is 42.2 Å². The van der Waals surface area contributed by atoms with Gasteiger partial charge >= 0.3 is 0 Å². The number of benzene rings is 2. The van der Waals surface area contributed by atoms with Gasteiger partial charge in [0.05, 0.1) is 23.2 Å². The number of carbonyl (C=O) groups is 1. The van der Waals surface area contributed by atoms with Gasteiger partial charge in [-0.3, -0.25) is 4.79 Å². The molecule has 1 aliphatic rings. The molecule has 2 heterocycles. The maximum Gasteiger partial charge on any atom is 0.232 e. The van der Waals surface area contributed by atoms with Gasteiger partial charge in [0.25, 0.3) is 0 Å². The third-order valence-electron chi connectivity index (χ3n) is 5.25. The molecule has 4 rings (SSSR count). The lowest BCUT2D eigenvalue weighted by atomic mass is 10.1. The summed E-state index contributed by atoms with van der Waals surface area (Å²) in [5.41, 5.74) is 2.56. The molecule has 30 heavy (non-hydrogen) atoms. The molecule has 3 aromatic rings. The molecule has 6 nitrogen and oxygen atoms in total. The largest absolute Gasteiger partial charge is 0.494 e. The number of halogens is 1. The monoisotopic (exact) mass is 425 g/mol. The molecule has 2 aromatic carbocycles. The summed E-state index contributed by atoms with van der Waals surface area (Å²) in [5.74, 6) is 1.64. The van der Waals surface area contributed by atoms with Gasteiger partial charge in [-0.05, 0) is 49.2 Å². The van der Waals surface area contributed by atoms with Crippen molar-refractivity contribution in [2.75, 3.05) is 18.1 Å². The van der Waals surface area contributed by atoms with Gasteiger partial charge in [0.15, 0.2) is 0 Å². The van der Waals surface area contributed by atoms with E-state index in [0.717, 1.165) is 35.4 Å². The fourth-order valence-electron chi connectivity index (χ4n) is 3.61. The topological polar surface area (TPSA) is 68.5 Å². The van der Waals surface area contributed by atoms with Crippen molar-refractivity contribution in [3.05, 3.63) is 58.9 Å². The average molecular weight is 426 g/mol. The van der Waals surface area contributed by atoms with Crippen molar-refractivity contribution in [3.63, 3.8) is 0 Å². The number of amides is 1. The molecular formula is C23H24ClN3O3. The van der Waals surface area contributed by atoms with E-state index in [1.54, 1.807) is 11.0 Å². The Kier molecular flexibility index (Phi) is 6.04. The third-order valence-corrected chi connectivity index (χ3v) is 5.56. The Morgan fingerprint density at radius 1 is 1.23 bits per heavy atom. The zero-order valence-corrected chi connectivity index (χ0v) is 17.9. The molecule has 156 valence electrons. The van der Waals surface area contributed by atoms with Crippen LogP contribution in [-0.4, -0.2) is 29.2 Å². The first-order chi connectivity index (χ1) is 14.6. The molecule has 1 unspecified atom stereocenters. The number of aromatic nitrogens is 2. The fourth-order valence-corrected chi connectivity index (χ4v) is 3.93. The number of carbonyl (C=O) groups excluding carboxylic acids is 1. The normalized spacial score (nSPS) is 16.3. The van der Waals surface area contributed by atoms with Crippen LogP contribution < -0.4 is 9.64 Å². The molecule has 0 N–H and O–H groups in total. The van der Waals surface area contributed by atoms with E-state index in [4.69, 9.17) is 20.9 Å². The van der Waals surface area contributed by atoms with E-state index < -0.39 is 0 Å². The van der Waals surface area contributed by atoms with Gasteiger partial charge in [-0.25, -0.2) is 0 Å². The van der Waals surface area contributed by atoms with E-state index in [1.165, 1.54) is 0 Å². The van der Waals surface area contributed by atoms with E-state index in [0.29, 0.717) is 36.3 Å². The van der Waals surface area contributed by atoms with Crippen molar-refractivity contribution in [1.29, 1.82) is 0 Å². The van der Waals surface area contributed by atoms with Crippen molar-refractivity contribution in [2.45, 2.75) is 39.0 Å². The number of aryl methyl sites for hydroxylation is 1. The zero-order chi connectivity index (χ0) is 21.1. The predicted octanol–water partition coefficient (Wildman–Crippen LogP) is 5.40. The van der Waals surface area contributed by atoms with Crippen molar-refractivity contribution in [1.82, 2.24) is 10.1 Å². The number of para-hydroxylation sites is 1. The van der Waals surface area contributed by atoms with E-state index in [-0.39, 0.29) is 11.8 Å². The number of rotatable bonds is 7. The molecule has 0 aliphatic carbocycles. The van der Waals surface area contributed by atoms with Crippen LogP contribution in [0.25, 0.3) is 11.4 Å². The average Bonchev–Trinajstić information content (AvgIpc) is 3.36. The maximum atomic E-state index is 12.6. The summed E-state index contributed by atoms with van der Waals surface area (Å²) in [4.78, 5) is 18.9. The van der Waals surface area contributed by atoms with Crippen LogP contribution in [0.15, 0.2) is 47.0 Å². The van der Waals surface area contributed by atoms with Crippen molar-refractivity contribution in [3.8, 4) is 17.1 Å². The highest BCUT2D eigenvalue weighted by Crippen LogP contribution is 2.37. The molecule has 1 atom stereocenters. The molecule has 0 radical (unpaired) electrons. The molecule has 1 fully saturated rings. The Balaban J connectivity index is 1.47. The van der Waals surface area contributed by atoms with Crippen molar-refractivity contribution in [2.24, 2.45) is 0 Å². The zero-order valence-electron chi connectivity index (χ0n) is 17.1. The lowest BCUT2D eigenvalue weighted by molar-refractivity contribution is -0.117. The van der Waals surface area contributed by atoms with E-state index in [2.05, 4.69) is 17.1 Å². The standard InChI is InChI=1S/C23H24ClN3O3/c1-3-4-12-29-18-10-8-16(9-11-18)22-25-23(30-26-22)17-13-20(28)27(14-17)21-15(2)6-5-7-19(21)24/h5-11,17H,3-4,12-14H2,1-2H3. The molecule has 1 amide bonds. The van der Waals surface area contributed by atoms with E-state index in [9.17, 15) is 4.79 Å². The first kappa shape index (κ1) is 20.4. The molecule has 0 bridgehead atoms. The van der Waals surface area contributed by atoms with Crippen LogP contribution in [0.1, 0.15) is 43.6 Å². The minimum absolute atomic E-state index is 0.00420. The lowest BCUT2D eigenvalue weighted by Gasteiger charge is -2.20. The summed E-state index contributed by atoms with van der Waals surface area (Å²) in [7, 11) is 0. The summed E-state index contributed by atoms with van der Waals surface area (Å²) >= 11 is 6.35. The van der Waals surface area contributed by atoms with Gasteiger partial charge in [-0.2, -0.15) is 4.98 Å². The Bertz CT molecular complexity index is 1010.